The topological polar surface area (TPSA) is 143 Å². The van der Waals surface area contributed by atoms with Crippen LogP contribution in [0.4, 0.5) is 0 Å². The summed E-state index contributed by atoms with van der Waals surface area (Å²) in [4.78, 5) is 36.6. The van der Waals surface area contributed by atoms with Crippen molar-refractivity contribution in [2.24, 2.45) is 5.41 Å². The van der Waals surface area contributed by atoms with Crippen LogP contribution in [0.2, 0.25) is 0 Å². The quantitative estimate of drug-likeness (QED) is 0.0311. The number of carbonyl (C=O) groups excluding carboxylic acids is 3. The molecule has 0 amide bonds. The highest BCUT2D eigenvalue weighted by molar-refractivity contribution is 5.70. The minimum Gasteiger partial charge on any atom is -0.463 e. The van der Waals surface area contributed by atoms with Gasteiger partial charge in [-0.05, 0) is 45.3 Å². The van der Waals surface area contributed by atoms with Crippen LogP contribution in [0.15, 0.2) is 0 Å². The van der Waals surface area contributed by atoms with Crippen LogP contribution in [0.25, 0.3) is 0 Å². The zero-order valence-corrected chi connectivity index (χ0v) is 37.3. The van der Waals surface area contributed by atoms with Gasteiger partial charge in [-0.3, -0.25) is 14.4 Å². The van der Waals surface area contributed by atoms with Crippen molar-refractivity contribution >= 4 is 17.9 Å². The van der Waals surface area contributed by atoms with Crippen LogP contribution in [-0.4, -0.2) is 117 Å². The highest BCUT2D eigenvalue weighted by atomic mass is 16.6. The standard InChI is InChI=1S/C45H89N3O9/c1-5-9-12-15-18-21-27-46-30-24-42(49)55-36-33-52-39-45(8-4,40-53-34-37-56-43(50)25-31-47-28-22-19-16-13-10-6-2)41-54-35-38-57-44(51)26-32-48-29-23-20-17-14-11-7-3/h46-48H,5-41H2,1-4H3. The molecule has 3 N–H and O–H groups in total. The summed E-state index contributed by atoms with van der Waals surface area (Å²) >= 11 is 0. The predicted octanol–water partition coefficient (Wildman–Crippen LogP) is 8.08. The molecule has 12 heteroatoms. The van der Waals surface area contributed by atoms with E-state index in [0.29, 0.717) is 65.1 Å². The SMILES string of the molecule is CCCCCCCCNCCC(=O)OCCOCC(CC)(COCCOC(=O)CCNCCCCCCCC)COCCOC(=O)CCNCCCCCCCC. The van der Waals surface area contributed by atoms with E-state index in [4.69, 9.17) is 28.4 Å². The van der Waals surface area contributed by atoms with Gasteiger partial charge in [0.1, 0.15) is 19.8 Å². The largest absolute Gasteiger partial charge is 0.463 e. The van der Waals surface area contributed by atoms with Gasteiger partial charge >= 0.3 is 17.9 Å². The van der Waals surface area contributed by atoms with E-state index in [1.165, 1.54) is 96.3 Å². The van der Waals surface area contributed by atoms with E-state index >= 15 is 0 Å². The zero-order chi connectivity index (χ0) is 41.8. The van der Waals surface area contributed by atoms with E-state index in [1.807, 2.05) is 6.92 Å². The van der Waals surface area contributed by atoms with Gasteiger partial charge in [0.05, 0.1) is 58.9 Å². The molecule has 0 aromatic carbocycles. The Morgan fingerprint density at radius 1 is 0.368 bits per heavy atom. The van der Waals surface area contributed by atoms with Gasteiger partial charge in [-0.25, -0.2) is 0 Å². The lowest BCUT2D eigenvalue weighted by atomic mass is 9.88. The number of esters is 3. The van der Waals surface area contributed by atoms with E-state index < -0.39 is 5.41 Å². The number of ether oxygens (including phenoxy) is 6. The fraction of sp³-hybridized carbons (Fsp3) is 0.933. The van der Waals surface area contributed by atoms with Gasteiger partial charge in [0.2, 0.25) is 0 Å². The maximum atomic E-state index is 12.2. The van der Waals surface area contributed by atoms with E-state index in [-0.39, 0.29) is 57.5 Å². The summed E-state index contributed by atoms with van der Waals surface area (Å²) in [5.41, 5.74) is -0.487. The maximum absolute atomic E-state index is 12.2. The third-order valence-corrected chi connectivity index (χ3v) is 10.1. The molecule has 338 valence electrons. The Kier molecular flexibility index (Phi) is 42.3. The van der Waals surface area contributed by atoms with Crippen LogP contribution < -0.4 is 16.0 Å². The van der Waals surface area contributed by atoms with E-state index in [2.05, 4.69) is 36.7 Å². The number of carbonyl (C=O) groups is 3. The first-order valence-corrected chi connectivity index (χ1v) is 23.2. The molecule has 0 saturated carbocycles. The summed E-state index contributed by atoms with van der Waals surface area (Å²) in [6.07, 6.45) is 24.1. The van der Waals surface area contributed by atoms with Crippen LogP contribution in [0.1, 0.15) is 169 Å². The average Bonchev–Trinajstić information content (AvgIpc) is 3.21. The van der Waals surface area contributed by atoms with Gasteiger partial charge in [-0.15, -0.1) is 0 Å². The Morgan fingerprint density at radius 3 is 0.930 bits per heavy atom. The van der Waals surface area contributed by atoms with Crippen molar-refractivity contribution in [3.63, 3.8) is 0 Å². The van der Waals surface area contributed by atoms with Crippen molar-refractivity contribution in [3.8, 4) is 0 Å². The van der Waals surface area contributed by atoms with Gasteiger partial charge in [0, 0.05) is 25.0 Å². The summed E-state index contributed by atoms with van der Waals surface area (Å²) < 4.78 is 34.1. The minimum absolute atomic E-state index is 0.172. The number of hydrogen-bond acceptors (Lipinski definition) is 12. The van der Waals surface area contributed by atoms with Crippen LogP contribution >= 0.6 is 0 Å². The molecule has 12 nitrogen and oxygen atoms in total. The first-order chi connectivity index (χ1) is 27.9. The van der Waals surface area contributed by atoms with Crippen molar-refractivity contribution in [1.29, 1.82) is 0 Å². The Hall–Kier alpha value is -1.83. The first-order valence-electron chi connectivity index (χ1n) is 23.2. The van der Waals surface area contributed by atoms with Gasteiger partial charge in [-0.2, -0.15) is 0 Å². The second kappa shape index (κ2) is 43.7. The molecule has 0 saturated heterocycles. The molecule has 0 bridgehead atoms. The summed E-state index contributed by atoms with van der Waals surface area (Å²) in [6, 6.07) is 0. The van der Waals surface area contributed by atoms with Gasteiger partial charge in [0.25, 0.3) is 0 Å². The minimum atomic E-state index is -0.487. The number of unbranched alkanes of at least 4 members (excludes halogenated alkanes) is 15. The Balaban J connectivity index is 4.50. The molecule has 0 unspecified atom stereocenters. The van der Waals surface area contributed by atoms with Crippen molar-refractivity contribution in [2.45, 2.75) is 169 Å². The average molecular weight is 816 g/mol. The molecule has 0 aromatic heterocycles. The molecule has 0 rings (SSSR count). The fourth-order valence-electron chi connectivity index (χ4n) is 6.19. The number of nitrogens with one attached hydrogen (secondary N) is 3. The summed E-state index contributed by atoms with van der Waals surface area (Å²) in [7, 11) is 0. The molecule has 0 heterocycles. The molecule has 57 heavy (non-hydrogen) atoms. The lowest BCUT2D eigenvalue weighted by Crippen LogP contribution is -2.38. The molecular weight excluding hydrogens is 727 g/mol. The number of hydrogen-bond donors (Lipinski definition) is 3. The highest BCUT2D eigenvalue weighted by Gasteiger charge is 2.30. The number of rotatable bonds is 46. The van der Waals surface area contributed by atoms with Crippen molar-refractivity contribution in [2.75, 3.05) is 98.7 Å². The summed E-state index contributed by atoms with van der Waals surface area (Å²) in [5, 5.41) is 9.99. The van der Waals surface area contributed by atoms with Crippen molar-refractivity contribution < 1.29 is 42.8 Å². The molecule has 0 aliphatic heterocycles. The van der Waals surface area contributed by atoms with E-state index in [0.717, 1.165) is 38.9 Å². The molecule has 0 radical (unpaired) electrons. The molecule has 0 aliphatic carbocycles. The Bertz CT molecular complexity index is 789. The third kappa shape index (κ3) is 39.4. The lowest BCUT2D eigenvalue weighted by molar-refractivity contribution is -0.147. The van der Waals surface area contributed by atoms with E-state index in [9.17, 15) is 14.4 Å². The molecule has 0 spiro atoms. The second-order valence-electron chi connectivity index (χ2n) is 15.5. The van der Waals surface area contributed by atoms with Gasteiger partial charge in [-0.1, -0.05) is 124 Å². The van der Waals surface area contributed by atoms with Crippen molar-refractivity contribution in [3.05, 3.63) is 0 Å². The normalized spacial score (nSPS) is 11.6. The lowest BCUT2D eigenvalue weighted by Gasteiger charge is -2.32. The predicted molar refractivity (Wildman–Crippen MR) is 231 cm³/mol. The molecule has 0 atom stereocenters. The van der Waals surface area contributed by atoms with Crippen LogP contribution in [0.3, 0.4) is 0 Å². The fourth-order valence-corrected chi connectivity index (χ4v) is 6.19. The second-order valence-corrected chi connectivity index (χ2v) is 15.5. The Morgan fingerprint density at radius 2 is 0.649 bits per heavy atom. The molecular formula is C45H89N3O9. The monoisotopic (exact) mass is 816 g/mol. The third-order valence-electron chi connectivity index (χ3n) is 10.1. The van der Waals surface area contributed by atoms with Gasteiger partial charge in [0.15, 0.2) is 0 Å². The van der Waals surface area contributed by atoms with Crippen LogP contribution in [-0.2, 0) is 42.8 Å². The zero-order valence-electron chi connectivity index (χ0n) is 37.3. The summed E-state index contributed by atoms with van der Waals surface area (Å²) in [5.74, 6) is -0.726. The smallest absolute Gasteiger partial charge is 0.307 e. The molecule has 0 aromatic rings. The molecule has 0 fully saturated rings. The van der Waals surface area contributed by atoms with Crippen LogP contribution in [0.5, 0.6) is 0 Å². The van der Waals surface area contributed by atoms with Crippen molar-refractivity contribution in [1.82, 2.24) is 16.0 Å². The first kappa shape index (κ1) is 55.2. The van der Waals surface area contributed by atoms with Gasteiger partial charge < -0.3 is 44.4 Å². The summed E-state index contributed by atoms with van der Waals surface area (Å²) in [6.45, 7) is 15.6. The molecule has 0 aliphatic rings. The highest BCUT2D eigenvalue weighted by Crippen LogP contribution is 2.24. The maximum Gasteiger partial charge on any atom is 0.307 e. The van der Waals surface area contributed by atoms with Crippen LogP contribution in [0, 0.1) is 5.41 Å². The Labute approximate surface area is 349 Å². The van der Waals surface area contributed by atoms with E-state index in [1.54, 1.807) is 0 Å².